The molecule has 1 saturated heterocycles. The van der Waals surface area contributed by atoms with E-state index in [9.17, 15) is 4.79 Å². The van der Waals surface area contributed by atoms with Crippen molar-refractivity contribution >= 4 is 5.91 Å². The summed E-state index contributed by atoms with van der Waals surface area (Å²) in [5.74, 6) is 0.448. The van der Waals surface area contributed by atoms with Crippen molar-refractivity contribution in [3.05, 3.63) is 36.7 Å². The van der Waals surface area contributed by atoms with Gasteiger partial charge in [-0.2, -0.15) is 5.10 Å². The maximum atomic E-state index is 12.1. The molecule has 22 heavy (non-hydrogen) atoms. The molecule has 7 heteroatoms. The van der Waals surface area contributed by atoms with Gasteiger partial charge in [-0.1, -0.05) is 0 Å². The minimum Gasteiger partial charge on any atom is -0.353 e. The molecule has 0 aromatic carbocycles. The minimum atomic E-state index is -0.00571. The maximum absolute atomic E-state index is 12.1. The molecule has 118 valence electrons. The summed E-state index contributed by atoms with van der Waals surface area (Å²) in [5.41, 5.74) is 1.15. The number of carbonyl (C=O) groups excluding carboxylic acids is 1. The van der Waals surface area contributed by atoms with Crippen LogP contribution in [0.3, 0.4) is 0 Å². The average Bonchev–Trinajstić information content (AvgIpc) is 3.20. The molecule has 1 unspecified atom stereocenters. The number of aromatic nitrogens is 4. The Labute approximate surface area is 129 Å². The number of carbonyl (C=O) groups is 1. The summed E-state index contributed by atoms with van der Waals surface area (Å²) in [4.78, 5) is 16.0. The molecule has 0 bridgehead atoms. The van der Waals surface area contributed by atoms with Gasteiger partial charge in [0.15, 0.2) is 0 Å². The highest BCUT2D eigenvalue weighted by Gasteiger charge is 2.19. The van der Waals surface area contributed by atoms with Crippen LogP contribution in [0.2, 0.25) is 0 Å². The van der Waals surface area contributed by atoms with Gasteiger partial charge in [0.25, 0.3) is 0 Å². The van der Waals surface area contributed by atoms with E-state index in [1.807, 2.05) is 21.5 Å². The van der Waals surface area contributed by atoms with Gasteiger partial charge in [-0.3, -0.25) is 9.48 Å². The number of rotatable bonds is 6. The fourth-order valence-electron chi connectivity index (χ4n) is 2.86. The molecule has 2 aromatic rings. The van der Waals surface area contributed by atoms with Gasteiger partial charge in [-0.25, -0.2) is 4.98 Å². The second-order valence-electron chi connectivity index (χ2n) is 5.61. The SMILES string of the molecule is O=C(Cn1nccc1C1CCCNC1)NCCn1ccnc1. The van der Waals surface area contributed by atoms with E-state index in [4.69, 9.17) is 0 Å². The van der Waals surface area contributed by atoms with Crippen LogP contribution in [-0.2, 0) is 17.9 Å². The first kappa shape index (κ1) is 14.8. The Balaban J connectivity index is 1.50. The monoisotopic (exact) mass is 302 g/mol. The average molecular weight is 302 g/mol. The van der Waals surface area contributed by atoms with E-state index in [0.29, 0.717) is 12.5 Å². The van der Waals surface area contributed by atoms with Gasteiger partial charge in [-0.05, 0) is 25.5 Å². The number of imidazole rings is 1. The second kappa shape index (κ2) is 7.22. The Morgan fingerprint density at radius 2 is 2.41 bits per heavy atom. The largest absolute Gasteiger partial charge is 0.353 e. The van der Waals surface area contributed by atoms with Crippen molar-refractivity contribution in [1.82, 2.24) is 30.0 Å². The number of nitrogens with zero attached hydrogens (tertiary/aromatic N) is 4. The lowest BCUT2D eigenvalue weighted by atomic mass is 9.96. The first-order chi connectivity index (χ1) is 10.8. The molecule has 1 amide bonds. The van der Waals surface area contributed by atoms with Crippen LogP contribution in [0.4, 0.5) is 0 Å². The Kier molecular flexibility index (Phi) is 4.85. The fourth-order valence-corrected chi connectivity index (χ4v) is 2.86. The molecule has 1 aliphatic rings. The fraction of sp³-hybridized carbons (Fsp3) is 0.533. The van der Waals surface area contributed by atoms with E-state index >= 15 is 0 Å². The zero-order valence-electron chi connectivity index (χ0n) is 12.6. The summed E-state index contributed by atoms with van der Waals surface area (Å²) < 4.78 is 3.76. The molecule has 0 aliphatic carbocycles. The molecule has 0 spiro atoms. The summed E-state index contributed by atoms with van der Waals surface area (Å²) in [6.45, 7) is 3.65. The van der Waals surface area contributed by atoms with Crippen LogP contribution in [0.1, 0.15) is 24.5 Å². The molecular formula is C15H22N6O. The maximum Gasteiger partial charge on any atom is 0.241 e. The normalized spacial score (nSPS) is 18.3. The van der Waals surface area contributed by atoms with Gasteiger partial charge in [0.2, 0.25) is 5.91 Å². The molecule has 0 saturated carbocycles. The summed E-state index contributed by atoms with van der Waals surface area (Å²) >= 11 is 0. The van der Waals surface area contributed by atoms with Crippen molar-refractivity contribution in [1.29, 1.82) is 0 Å². The highest BCUT2D eigenvalue weighted by Crippen LogP contribution is 2.22. The van der Waals surface area contributed by atoms with Crippen molar-refractivity contribution in [2.75, 3.05) is 19.6 Å². The summed E-state index contributed by atoms with van der Waals surface area (Å²) in [6, 6.07) is 2.02. The lowest BCUT2D eigenvalue weighted by molar-refractivity contribution is -0.121. The molecule has 7 nitrogen and oxygen atoms in total. The Morgan fingerprint density at radius 3 is 3.18 bits per heavy atom. The summed E-state index contributed by atoms with van der Waals surface area (Å²) in [7, 11) is 0. The van der Waals surface area contributed by atoms with Crippen molar-refractivity contribution in [2.45, 2.75) is 31.8 Å². The third-order valence-electron chi connectivity index (χ3n) is 4.01. The minimum absolute atomic E-state index is 0.00571. The zero-order chi connectivity index (χ0) is 15.2. The first-order valence-electron chi connectivity index (χ1n) is 7.78. The number of piperidine rings is 1. The van der Waals surface area contributed by atoms with Gasteiger partial charge in [0.05, 0.1) is 6.33 Å². The predicted molar refractivity (Wildman–Crippen MR) is 82.3 cm³/mol. The van der Waals surface area contributed by atoms with Crippen LogP contribution >= 0.6 is 0 Å². The molecule has 3 rings (SSSR count). The van der Waals surface area contributed by atoms with Crippen LogP contribution in [0, 0.1) is 0 Å². The molecule has 1 atom stereocenters. The van der Waals surface area contributed by atoms with Gasteiger partial charge < -0.3 is 15.2 Å². The van der Waals surface area contributed by atoms with E-state index in [1.165, 1.54) is 6.42 Å². The lowest BCUT2D eigenvalue weighted by Crippen LogP contribution is -2.33. The van der Waals surface area contributed by atoms with Crippen molar-refractivity contribution < 1.29 is 4.79 Å². The topological polar surface area (TPSA) is 76.8 Å². The molecule has 3 heterocycles. The highest BCUT2D eigenvalue weighted by molar-refractivity contribution is 5.75. The van der Waals surface area contributed by atoms with E-state index in [0.717, 1.165) is 31.7 Å². The van der Waals surface area contributed by atoms with Crippen LogP contribution in [0.15, 0.2) is 31.0 Å². The van der Waals surface area contributed by atoms with Gasteiger partial charge in [-0.15, -0.1) is 0 Å². The van der Waals surface area contributed by atoms with Gasteiger partial charge >= 0.3 is 0 Å². The summed E-state index contributed by atoms with van der Waals surface area (Å²) in [6.07, 6.45) is 9.47. The quantitative estimate of drug-likeness (QED) is 0.808. The highest BCUT2D eigenvalue weighted by atomic mass is 16.2. The third kappa shape index (κ3) is 3.73. The molecule has 0 radical (unpaired) electrons. The smallest absolute Gasteiger partial charge is 0.241 e. The van der Waals surface area contributed by atoms with Crippen molar-refractivity contribution in [3.63, 3.8) is 0 Å². The zero-order valence-corrected chi connectivity index (χ0v) is 12.6. The standard InChI is InChI=1S/C15H22N6O/c22-15(18-7-9-20-8-6-17-12-20)11-21-14(3-5-19-21)13-2-1-4-16-10-13/h3,5-6,8,12-13,16H,1-2,4,7,9-11H2,(H,18,22). The summed E-state index contributed by atoms with van der Waals surface area (Å²) in [5, 5.41) is 10.6. The molecule has 1 fully saturated rings. The molecule has 2 aromatic heterocycles. The van der Waals surface area contributed by atoms with Crippen LogP contribution in [0.25, 0.3) is 0 Å². The van der Waals surface area contributed by atoms with Crippen LogP contribution < -0.4 is 10.6 Å². The Hall–Kier alpha value is -2.15. The first-order valence-corrected chi connectivity index (χ1v) is 7.78. The van der Waals surface area contributed by atoms with E-state index in [2.05, 4.69) is 20.7 Å². The van der Waals surface area contributed by atoms with Gasteiger partial charge in [0, 0.05) is 49.8 Å². The molecule has 1 aliphatic heterocycles. The Morgan fingerprint density at radius 1 is 1.45 bits per heavy atom. The third-order valence-corrected chi connectivity index (χ3v) is 4.01. The lowest BCUT2D eigenvalue weighted by Gasteiger charge is -2.23. The number of hydrogen-bond donors (Lipinski definition) is 2. The van der Waals surface area contributed by atoms with Crippen LogP contribution in [-0.4, -0.2) is 44.9 Å². The number of hydrogen-bond acceptors (Lipinski definition) is 4. The molecular weight excluding hydrogens is 280 g/mol. The van der Waals surface area contributed by atoms with E-state index < -0.39 is 0 Å². The predicted octanol–water partition coefficient (Wildman–Crippen LogP) is 0.363. The van der Waals surface area contributed by atoms with Crippen molar-refractivity contribution in [3.8, 4) is 0 Å². The van der Waals surface area contributed by atoms with E-state index in [-0.39, 0.29) is 12.5 Å². The Bertz CT molecular complexity index is 585. The van der Waals surface area contributed by atoms with Crippen molar-refractivity contribution in [2.24, 2.45) is 0 Å². The van der Waals surface area contributed by atoms with Gasteiger partial charge in [0.1, 0.15) is 6.54 Å². The number of amides is 1. The van der Waals surface area contributed by atoms with Crippen LogP contribution in [0.5, 0.6) is 0 Å². The van der Waals surface area contributed by atoms with E-state index in [1.54, 1.807) is 18.7 Å². The molecule has 2 N–H and O–H groups in total. The second-order valence-corrected chi connectivity index (χ2v) is 5.61. The number of nitrogens with one attached hydrogen (secondary N) is 2.